The van der Waals surface area contributed by atoms with Crippen molar-refractivity contribution in [1.82, 2.24) is 9.55 Å². The molecule has 0 radical (unpaired) electrons. The minimum Gasteiger partial charge on any atom is -0.461 e. The molecule has 140 valence electrons. The molecule has 1 fully saturated rings. The van der Waals surface area contributed by atoms with E-state index in [0.29, 0.717) is 15.8 Å². The summed E-state index contributed by atoms with van der Waals surface area (Å²) in [6, 6.07) is 5.97. The maximum Gasteiger partial charge on any atom is 0.326 e. The summed E-state index contributed by atoms with van der Waals surface area (Å²) < 4.78 is 20.0. The van der Waals surface area contributed by atoms with E-state index >= 15 is 0 Å². The van der Waals surface area contributed by atoms with E-state index in [1.54, 1.807) is 12.1 Å². The lowest BCUT2D eigenvalue weighted by atomic mass is 9.98. The minimum absolute atomic E-state index is 0.0467. The summed E-state index contributed by atoms with van der Waals surface area (Å²) in [6.45, 7) is -0.156. The van der Waals surface area contributed by atoms with Crippen LogP contribution in [0.15, 0.2) is 40.8 Å². The number of halogens is 1. The topological polar surface area (TPSA) is 61.2 Å². The first-order valence-corrected chi connectivity index (χ1v) is 9.92. The Morgan fingerprint density at radius 3 is 2.70 bits per heavy atom. The van der Waals surface area contributed by atoms with Crippen LogP contribution in [-0.2, 0) is 16.1 Å². The molecule has 0 N–H and O–H groups in total. The number of aromatic nitrogens is 2. The number of hydrogen-bond acceptors (Lipinski definition) is 5. The molecular weight excluding hydrogens is 367 g/mol. The van der Waals surface area contributed by atoms with Crippen molar-refractivity contribution >= 4 is 27.5 Å². The molecular formula is C20H19FN2O3S. The summed E-state index contributed by atoms with van der Waals surface area (Å²) in [5, 5.41) is 2.27. The zero-order valence-electron chi connectivity index (χ0n) is 14.7. The zero-order valence-corrected chi connectivity index (χ0v) is 15.5. The summed E-state index contributed by atoms with van der Waals surface area (Å²) >= 11 is 1.35. The molecule has 2 heterocycles. The van der Waals surface area contributed by atoms with E-state index < -0.39 is 5.97 Å². The number of thiophene rings is 1. The number of carbonyl (C=O) groups excluding carboxylic acids is 1. The van der Waals surface area contributed by atoms with Crippen molar-refractivity contribution < 1.29 is 13.9 Å². The zero-order chi connectivity index (χ0) is 18.8. The third kappa shape index (κ3) is 3.78. The maximum atomic E-state index is 13.2. The smallest absolute Gasteiger partial charge is 0.326 e. The number of rotatable bonds is 4. The van der Waals surface area contributed by atoms with Gasteiger partial charge < -0.3 is 4.74 Å². The van der Waals surface area contributed by atoms with Crippen LogP contribution in [-0.4, -0.2) is 21.6 Å². The molecule has 0 aliphatic heterocycles. The molecule has 1 aliphatic rings. The predicted molar refractivity (Wildman–Crippen MR) is 102 cm³/mol. The van der Waals surface area contributed by atoms with Crippen LogP contribution >= 0.6 is 11.3 Å². The van der Waals surface area contributed by atoms with Crippen LogP contribution in [0.25, 0.3) is 21.3 Å². The highest BCUT2D eigenvalue weighted by atomic mass is 32.1. The largest absolute Gasteiger partial charge is 0.461 e. The van der Waals surface area contributed by atoms with Gasteiger partial charge >= 0.3 is 5.97 Å². The van der Waals surface area contributed by atoms with Gasteiger partial charge in [0, 0.05) is 10.9 Å². The Labute approximate surface area is 159 Å². The third-order valence-corrected chi connectivity index (χ3v) is 5.75. The van der Waals surface area contributed by atoms with Crippen molar-refractivity contribution in [2.24, 2.45) is 0 Å². The van der Waals surface area contributed by atoms with Crippen LogP contribution in [0.3, 0.4) is 0 Å². The van der Waals surface area contributed by atoms with Crippen LogP contribution in [0, 0.1) is 5.82 Å². The summed E-state index contributed by atoms with van der Waals surface area (Å²) in [5.74, 6) is -0.747. The van der Waals surface area contributed by atoms with Gasteiger partial charge in [0.2, 0.25) is 0 Å². The number of benzene rings is 1. The van der Waals surface area contributed by atoms with Gasteiger partial charge in [0.1, 0.15) is 23.3 Å². The Bertz CT molecular complexity index is 1020. The maximum absolute atomic E-state index is 13.2. The lowest BCUT2D eigenvalue weighted by molar-refractivity contribution is -0.151. The van der Waals surface area contributed by atoms with Crippen molar-refractivity contribution in [3.8, 4) is 11.1 Å². The number of hydrogen-bond donors (Lipinski definition) is 0. The Hall–Kier alpha value is -2.54. The number of carbonyl (C=O) groups is 1. The molecule has 0 saturated heterocycles. The second-order valence-electron chi connectivity index (χ2n) is 6.76. The number of esters is 1. The summed E-state index contributed by atoms with van der Waals surface area (Å²) in [5.41, 5.74) is 1.15. The molecule has 0 atom stereocenters. The molecule has 1 aliphatic carbocycles. The van der Waals surface area contributed by atoms with Gasteiger partial charge in [0.15, 0.2) is 0 Å². The van der Waals surface area contributed by atoms with Gasteiger partial charge in [-0.1, -0.05) is 18.6 Å². The Balaban J connectivity index is 1.61. The van der Waals surface area contributed by atoms with Crippen LogP contribution < -0.4 is 5.56 Å². The van der Waals surface area contributed by atoms with E-state index in [1.807, 2.05) is 5.38 Å². The first kappa shape index (κ1) is 17.9. The van der Waals surface area contributed by atoms with E-state index in [9.17, 15) is 14.0 Å². The van der Waals surface area contributed by atoms with Crippen LogP contribution in [0.2, 0.25) is 0 Å². The van der Waals surface area contributed by atoms with Gasteiger partial charge in [-0.15, -0.1) is 11.3 Å². The molecule has 0 spiro atoms. The summed E-state index contributed by atoms with van der Waals surface area (Å²) in [6.07, 6.45) is 6.43. The predicted octanol–water partition coefficient (Wildman–Crippen LogP) is 4.14. The molecule has 0 bridgehead atoms. The second-order valence-corrected chi connectivity index (χ2v) is 7.62. The van der Waals surface area contributed by atoms with Gasteiger partial charge in [-0.2, -0.15) is 0 Å². The van der Waals surface area contributed by atoms with Gasteiger partial charge in [0.05, 0.1) is 11.7 Å². The molecule has 0 amide bonds. The highest BCUT2D eigenvalue weighted by Crippen LogP contribution is 2.30. The number of ether oxygens (including phenoxy) is 1. The fraction of sp³-hybridized carbons (Fsp3) is 0.350. The average molecular weight is 386 g/mol. The van der Waals surface area contributed by atoms with Crippen LogP contribution in [0.5, 0.6) is 0 Å². The quantitative estimate of drug-likeness (QED) is 0.632. The van der Waals surface area contributed by atoms with Crippen LogP contribution in [0.4, 0.5) is 4.39 Å². The van der Waals surface area contributed by atoms with E-state index in [1.165, 1.54) is 40.8 Å². The van der Waals surface area contributed by atoms with Crippen molar-refractivity contribution in [2.45, 2.75) is 44.8 Å². The molecule has 5 nitrogen and oxygen atoms in total. The normalized spacial score (nSPS) is 15.1. The Morgan fingerprint density at radius 2 is 1.96 bits per heavy atom. The molecule has 27 heavy (non-hydrogen) atoms. The average Bonchev–Trinajstić information content (AvgIpc) is 3.10. The molecule has 4 rings (SSSR count). The first-order valence-electron chi connectivity index (χ1n) is 9.04. The van der Waals surface area contributed by atoms with Crippen molar-refractivity contribution in [2.75, 3.05) is 0 Å². The fourth-order valence-corrected chi connectivity index (χ4v) is 4.37. The van der Waals surface area contributed by atoms with Crippen molar-refractivity contribution in [3.05, 3.63) is 52.1 Å². The molecule has 7 heteroatoms. The SMILES string of the molecule is O=C(Cn1cnc2scc(-c3ccc(F)cc3)c2c1=O)OC1CCCCC1. The van der Waals surface area contributed by atoms with Crippen molar-refractivity contribution in [3.63, 3.8) is 0 Å². The number of nitrogens with zero attached hydrogens (tertiary/aromatic N) is 2. The van der Waals surface area contributed by atoms with E-state index in [-0.39, 0.29) is 24.0 Å². The Kier molecular flexibility index (Phi) is 5.03. The highest BCUT2D eigenvalue weighted by Gasteiger charge is 2.19. The highest BCUT2D eigenvalue weighted by molar-refractivity contribution is 7.17. The van der Waals surface area contributed by atoms with Crippen molar-refractivity contribution in [1.29, 1.82) is 0 Å². The molecule has 3 aromatic rings. The molecule has 0 unspecified atom stereocenters. The lowest BCUT2D eigenvalue weighted by Crippen LogP contribution is -2.28. The van der Waals surface area contributed by atoms with Gasteiger partial charge in [-0.3, -0.25) is 14.2 Å². The monoisotopic (exact) mass is 386 g/mol. The van der Waals surface area contributed by atoms with Gasteiger partial charge in [-0.25, -0.2) is 9.37 Å². The van der Waals surface area contributed by atoms with Gasteiger partial charge in [-0.05, 0) is 43.4 Å². The lowest BCUT2D eigenvalue weighted by Gasteiger charge is -2.21. The van der Waals surface area contributed by atoms with Gasteiger partial charge in [0.25, 0.3) is 5.56 Å². The van der Waals surface area contributed by atoms with E-state index in [4.69, 9.17) is 4.74 Å². The molecule has 1 aromatic carbocycles. The number of fused-ring (bicyclic) bond motifs is 1. The molecule has 1 saturated carbocycles. The summed E-state index contributed by atoms with van der Waals surface area (Å²) in [4.78, 5) is 30.1. The minimum atomic E-state index is -0.413. The van der Waals surface area contributed by atoms with E-state index in [0.717, 1.165) is 31.2 Å². The van der Waals surface area contributed by atoms with E-state index in [2.05, 4.69) is 4.98 Å². The first-order chi connectivity index (χ1) is 13.1. The second kappa shape index (κ2) is 7.60. The summed E-state index contributed by atoms with van der Waals surface area (Å²) in [7, 11) is 0. The molecule has 2 aromatic heterocycles. The Morgan fingerprint density at radius 1 is 1.22 bits per heavy atom. The third-order valence-electron chi connectivity index (χ3n) is 4.87. The standard InChI is InChI=1S/C20H19FN2O3S/c21-14-8-6-13(7-9-14)16-11-27-19-18(16)20(25)23(12-22-19)10-17(24)26-15-4-2-1-3-5-15/h6-9,11-12,15H,1-5,10H2. The fourth-order valence-electron chi connectivity index (χ4n) is 3.47. The van der Waals surface area contributed by atoms with Crippen LogP contribution in [0.1, 0.15) is 32.1 Å².